The third-order valence-corrected chi connectivity index (χ3v) is 4.26. The quantitative estimate of drug-likeness (QED) is 0.601. The first-order valence-corrected chi connectivity index (χ1v) is 8.13. The smallest absolute Gasteiger partial charge is 0.271 e. The van der Waals surface area contributed by atoms with Crippen molar-refractivity contribution >= 4 is 17.1 Å². The summed E-state index contributed by atoms with van der Waals surface area (Å²) in [6, 6.07) is 11.3. The SMILES string of the molecule is CCC(Nc1c(Nc2c(C)cc[nH]c2=O)c(=O)c1=O)c1ccccc1. The summed E-state index contributed by atoms with van der Waals surface area (Å²) in [6.45, 7) is 3.75. The summed E-state index contributed by atoms with van der Waals surface area (Å²) in [5.41, 5.74) is 0.826. The highest BCUT2D eigenvalue weighted by atomic mass is 16.2. The van der Waals surface area contributed by atoms with Gasteiger partial charge in [0.2, 0.25) is 0 Å². The number of hydrogen-bond acceptors (Lipinski definition) is 5. The predicted molar refractivity (Wildman–Crippen MR) is 99.5 cm³/mol. The molecule has 25 heavy (non-hydrogen) atoms. The van der Waals surface area contributed by atoms with Gasteiger partial charge in [-0.1, -0.05) is 37.3 Å². The van der Waals surface area contributed by atoms with Gasteiger partial charge in [0.25, 0.3) is 16.4 Å². The normalized spacial score (nSPS) is 12.1. The molecule has 128 valence electrons. The van der Waals surface area contributed by atoms with Crippen molar-refractivity contribution in [2.24, 2.45) is 0 Å². The molecule has 1 atom stereocenters. The number of benzene rings is 1. The standard InChI is InChI=1S/C19H19N3O3/c1-3-13(12-7-5-4-6-8-12)21-15-16(18(24)17(15)23)22-14-11(2)9-10-20-19(14)25/h4-10,13,21-22H,3H2,1-2H3,(H,20,25). The Morgan fingerprint density at radius 3 is 2.28 bits per heavy atom. The summed E-state index contributed by atoms with van der Waals surface area (Å²) < 4.78 is 0. The van der Waals surface area contributed by atoms with Crippen molar-refractivity contribution in [1.82, 2.24) is 4.98 Å². The fraction of sp³-hybridized carbons (Fsp3) is 0.211. The molecule has 0 saturated heterocycles. The molecule has 0 radical (unpaired) electrons. The molecule has 1 aromatic heterocycles. The Morgan fingerprint density at radius 1 is 0.960 bits per heavy atom. The zero-order valence-electron chi connectivity index (χ0n) is 14.1. The maximum atomic E-state index is 12.0. The van der Waals surface area contributed by atoms with E-state index in [9.17, 15) is 14.4 Å². The number of aryl methyl sites for hydroxylation is 1. The number of aromatic nitrogens is 1. The van der Waals surface area contributed by atoms with Crippen LogP contribution in [0.25, 0.3) is 0 Å². The fourth-order valence-electron chi connectivity index (χ4n) is 2.79. The minimum absolute atomic E-state index is 0.0970. The lowest BCUT2D eigenvalue weighted by Gasteiger charge is -2.22. The van der Waals surface area contributed by atoms with Crippen molar-refractivity contribution in [3.05, 3.63) is 84.5 Å². The van der Waals surface area contributed by atoms with Crippen molar-refractivity contribution in [1.29, 1.82) is 0 Å². The maximum absolute atomic E-state index is 12.0. The minimum Gasteiger partial charge on any atom is -0.373 e. The Hall–Kier alpha value is -3.15. The molecular formula is C19H19N3O3. The first kappa shape index (κ1) is 16.7. The third-order valence-electron chi connectivity index (χ3n) is 4.26. The number of nitrogens with one attached hydrogen (secondary N) is 3. The Kier molecular flexibility index (Phi) is 4.52. The molecule has 0 fully saturated rings. The monoisotopic (exact) mass is 337 g/mol. The van der Waals surface area contributed by atoms with Crippen LogP contribution in [0.4, 0.5) is 17.1 Å². The second kappa shape index (κ2) is 6.76. The molecule has 1 unspecified atom stereocenters. The molecule has 0 aliphatic carbocycles. The molecule has 6 heteroatoms. The average Bonchev–Trinajstić information content (AvgIpc) is 2.63. The summed E-state index contributed by atoms with van der Waals surface area (Å²) >= 11 is 0. The van der Waals surface area contributed by atoms with Gasteiger partial charge in [-0.25, -0.2) is 0 Å². The van der Waals surface area contributed by atoms with E-state index in [1.54, 1.807) is 13.0 Å². The van der Waals surface area contributed by atoms with Crippen molar-refractivity contribution in [2.45, 2.75) is 26.3 Å². The predicted octanol–water partition coefficient (Wildman–Crippen LogP) is 2.59. The van der Waals surface area contributed by atoms with Crippen molar-refractivity contribution < 1.29 is 0 Å². The summed E-state index contributed by atoms with van der Waals surface area (Å²) in [4.78, 5) is 38.5. The summed E-state index contributed by atoms with van der Waals surface area (Å²) in [7, 11) is 0. The van der Waals surface area contributed by atoms with Crippen LogP contribution < -0.4 is 27.1 Å². The number of pyridine rings is 1. The van der Waals surface area contributed by atoms with Gasteiger partial charge in [-0.3, -0.25) is 14.4 Å². The highest BCUT2D eigenvalue weighted by molar-refractivity contribution is 5.79. The van der Waals surface area contributed by atoms with E-state index in [1.807, 2.05) is 37.3 Å². The zero-order valence-corrected chi connectivity index (χ0v) is 14.1. The third kappa shape index (κ3) is 3.10. The highest BCUT2D eigenvalue weighted by Gasteiger charge is 2.24. The van der Waals surface area contributed by atoms with E-state index in [1.165, 1.54) is 6.20 Å². The van der Waals surface area contributed by atoms with Crippen LogP contribution in [-0.2, 0) is 0 Å². The lowest BCUT2D eigenvalue weighted by atomic mass is 10.0. The van der Waals surface area contributed by atoms with Crippen LogP contribution in [0.3, 0.4) is 0 Å². The molecule has 0 aliphatic rings. The van der Waals surface area contributed by atoms with Crippen LogP contribution in [0.2, 0.25) is 0 Å². The Labute approximate surface area is 144 Å². The van der Waals surface area contributed by atoms with Gasteiger partial charge in [0.05, 0.1) is 6.04 Å². The van der Waals surface area contributed by atoms with Crippen LogP contribution in [0, 0.1) is 6.92 Å². The molecule has 2 aromatic carbocycles. The molecule has 3 aromatic rings. The maximum Gasteiger partial charge on any atom is 0.271 e. The molecular weight excluding hydrogens is 318 g/mol. The number of anilines is 3. The molecule has 6 nitrogen and oxygen atoms in total. The minimum atomic E-state index is -0.618. The number of hydrogen-bond donors (Lipinski definition) is 3. The lowest BCUT2D eigenvalue weighted by Crippen LogP contribution is -2.38. The molecule has 3 N–H and O–H groups in total. The van der Waals surface area contributed by atoms with Gasteiger partial charge in [0.1, 0.15) is 17.1 Å². The topological polar surface area (TPSA) is 91.1 Å². The summed E-state index contributed by atoms with van der Waals surface area (Å²) in [6.07, 6.45) is 2.28. The van der Waals surface area contributed by atoms with Gasteiger partial charge >= 0.3 is 0 Å². The number of rotatable bonds is 6. The molecule has 1 heterocycles. The van der Waals surface area contributed by atoms with Gasteiger partial charge in [-0.05, 0) is 30.5 Å². The van der Waals surface area contributed by atoms with E-state index in [2.05, 4.69) is 15.6 Å². The number of H-pyrrole nitrogens is 1. The molecule has 0 bridgehead atoms. The van der Waals surface area contributed by atoms with Gasteiger partial charge in [-0.15, -0.1) is 0 Å². The first-order valence-electron chi connectivity index (χ1n) is 8.13. The van der Waals surface area contributed by atoms with Crippen LogP contribution in [-0.4, -0.2) is 4.98 Å². The first-order chi connectivity index (χ1) is 12.0. The lowest BCUT2D eigenvalue weighted by molar-refractivity contribution is 0.747. The van der Waals surface area contributed by atoms with E-state index in [-0.39, 0.29) is 28.7 Å². The summed E-state index contributed by atoms with van der Waals surface area (Å²) in [5.74, 6) is 0. The van der Waals surface area contributed by atoms with Crippen molar-refractivity contribution in [2.75, 3.05) is 10.6 Å². The van der Waals surface area contributed by atoms with E-state index in [0.717, 1.165) is 12.0 Å². The molecule has 0 aliphatic heterocycles. The highest BCUT2D eigenvalue weighted by Crippen LogP contribution is 2.26. The van der Waals surface area contributed by atoms with Crippen LogP contribution in [0.15, 0.2) is 57.0 Å². The van der Waals surface area contributed by atoms with Crippen molar-refractivity contribution in [3.8, 4) is 0 Å². The van der Waals surface area contributed by atoms with Gasteiger partial charge in [-0.2, -0.15) is 0 Å². The van der Waals surface area contributed by atoms with Crippen LogP contribution >= 0.6 is 0 Å². The van der Waals surface area contributed by atoms with Gasteiger partial charge in [0, 0.05) is 6.20 Å². The van der Waals surface area contributed by atoms with Crippen LogP contribution in [0.5, 0.6) is 0 Å². The molecule has 0 amide bonds. The molecule has 0 saturated carbocycles. The van der Waals surface area contributed by atoms with E-state index in [4.69, 9.17) is 0 Å². The molecule has 3 rings (SSSR count). The Balaban J connectivity index is 1.92. The van der Waals surface area contributed by atoms with E-state index >= 15 is 0 Å². The fourth-order valence-corrected chi connectivity index (χ4v) is 2.79. The summed E-state index contributed by atoms with van der Waals surface area (Å²) in [5, 5.41) is 5.97. The van der Waals surface area contributed by atoms with Gasteiger partial charge in [0.15, 0.2) is 0 Å². The van der Waals surface area contributed by atoms with Gasteiger partial charge < -0.3 is 15.6 Å². The molecule has 0 spiro atoms. The Morgan fingerprint density at radius 2 is 1.64 bits per heavy atom. The van der Waals surface area contributed by atoms with Crippen LogP contribution in [0.1, 0.15) is 30.5 Å². The average molecular weight is 337 g/mol. The zero-order chi connectivity index (χ0) is 18.0. The largest absolute Gasteiger partial charge is 0.373 e. The van der Waals surface area contributed by atoms with E-state index in [0.29, 0.717) is 5.56 Å². The number of aromatic amines is 1. The Bertz CT molecular complexity index is 1010. The van der Waals surface area contributed by atoms with E-state index < -0.39 is 10.9 Å². The van der Waals surface area contributed by atoms with Crippen molar-refractivity contribution in [3.63, 3.8) is 0 Å². The second-order valence-corrected chi connectivity index (χ2v) is 5.91. The second-order valence-electron chi connectivity index (χ2n) is 5.91.